The van der Waals surface area contributed by atoms with Crippen LogP contribution >= 0.6 is 11.3 Å². The van der Waals surface area contributed by atoms with Crippen molar-refractivity contribution >= 4 is 34.9 Å². The smallest absolute Gasteiger partial charge is 0.244 e. The highest BCUT2D eigenvalue weighted by Gasteiger charge is 2.02. The third kappa shape index (κ3) is 5.66. The molecule has 2 amide bonds. The minimum absolute atomic E-state index is 0.120. The summed E-state index contributed by atoms with van der Waals surface area (Å²) in [6, 6.07) is 21.6. The Bertz CT molecular complexity index is 961. The summed E-state index contributed by atoms with van der Waals surface area (Å²) in [5, 5.41) is 5.59. The number of nitrogens with one attached hydrogen (secondary N) is 2. The standard InChI is InChI=1S/C22H20N2O2S/c1-16(25)24-19-9-5-6-17(14-19)15-23-22(26)13-11-20-10-12-21(27-20)18-7-3-2-4-8-18/h2-14H,15H2,1H3,(H,23,26)(H,24,25)/b13-11+. The minimum atomic E-state index is -0.158. The molecule has 0 spiro atoms. The SMILES string of the molecule is CC(=O)Nc1cccc(CNC(=O)/C=C/c2ccc(-c3ccccc3)s2)c1. The highest BCUT2D eigenvalue weighted by atomic mass is 32.1. The van der Waals surface area contributed by atoms with E-state index in [0.717, 1.165) is 16.1 Å². The van der Waals surface area contributed by atoms with Crippen molar-refractivity contribution in [3.63, 3.8) is 0 Å². The third-order valence-corrected chi connectivity index (χ3v) is 4.90. The first-order valence-electron chi connectivity index (χ1n) is 8.58. The Balaban J connectivity index is 1.55. The van der Waals surface area contributed by atoms with E-state index >= 15 is 0 Å². The molecule has 4 nitrogen and oxygen atoms in total. The second-order valence-electron chi connectivity index (χ2n) is 6.00. The maximum absolute atomic E-state index is 12.1. The molecular weight excluding hydrogens is 356 g/mol. The van der Waals surface area contributed by atoms with Gasteiger partial charge >= 0.3 is 0 Å². The van der Waals surface area contributed by atoms with Crippen LogP contribution < -0.4 is 10.6 Å². The van der Waals surface area contributed by atoms with Crippen molar-refractivity contribution in [3.8, 4) is 10.4 Å². The summed E-state index contributed by atoms with van der Waals surface area (Å²) in [6.45, 7) is 1.86. The lowest BCUT2D eigenvalue weighted by atomic mass is 10.2. The molecule has 5 heteroatoms. The van der Waals surface area contributed by atoms with Crippen LogP contribution in [0.5, 0.6) is 0 Å². The van der Waals surface area contributed by atoms with Crippen molar-refractivity contribution in [1.29, 1.82) is 0 Å². The lowest BCUT2D eigenvalue weighted by Crippen LogP contribution is -2.20. The summed E-state index contributed by atoms with van der Waals surface area (Å²) < 4.78 is 0. The van der Waals surface area contributed by atoms with Crippen LogP contribution in [-0.4, -0.2) is 11.8 Å². The fourth-order valence-corrected chi connectivity index (χ4v) is 3.48. The van der Waals surface area contributed by atoms with E-state index in [2.05, 4.69) is 28.8 Å². The van der Waals surface area contributed by atoms with E-state index < -0.39 is 0 Å². The molecule has 0 unspecified atom stereocenters. The lowest BCUT2D eigenvalue weighted by molar-refractivity contribution is -0.116. The highest BCUT2D eigenvalue weighted by Crippen LogP contribution is 2.28. The quantitative estimate of drug-likeness (QED) is 0.613. The van der Waals surface area contributed by atoms with Crippen LogP contribution in [0.3, 0.4) is 0 Å². The van der Waals surface area contributed by atoms with Crippen LogP contribution in [0.1, 0.15) is 17.4 Å². The molecule has 27 heavy (non-hydrogen) atoms. The predicted octanol–water partition coefficient (Wildman–Crippen LogP) is 4.70. The Kier molecular flexibility index (Phi) is 6.18. The van der Waals surface area contributed by atoms with E-state index in [1.165, 1.54) is 23.4 Å². The predicted molar refractivity (Wildman–Crippen MR) is 111 cm³/mol. The van der Waals surface area contributed by atoms with Crippen LogP contribution in [0.2, 0.25) is 0 Å². The summed E-state index contributed by atoms with van der Waals surface area (Å²) in [5.74, 6) is -0.278. The molecule has 1 heterocycles. The molecule has 2 N–H and O–H groups in total. The van der Waals surface area contributed by atoms with Gasteiger partial charge in [0.15, 0.2) is 0 Å². The van der Waals surface area contributed by atoms with Crippen molar-refractivity contribution in [1.82, 2.24) is 5.32 Å². The summed E-state index contributed by atoms with van der Waals surface area (Å²) in [4.78, 5) is 25.4. The molecule has 136 valence electrons. The molecule has 0 aliphatic rings. The Morgan fingerprint density at radius 1 is 1.00 bits per heavy atom. The van der Waals surface area contributed by atoms with Gasteiger partial charge in [0.2, 0.25) is 11.8 Å². The number of carbonyl (C=O) groups excluding carboxylic acids is 2. The first kappa shape index (κ1) is 18.6. The summed E-state index contributed by atoms with van der Waals surface area (Å²) in [6.07, 6.45) is 3.36. The fourth-order valence-electron chi connectivity index (χ4n) is 2.57. The minimum Gasteiger partial charge on any atom is -0.348 e. The second kappa shape index (κ2) is 8.96. The maximum atomic E-state index is 12.1. The number of hydrogen-bond donors (Lipinski definition) is 2. The van der Waals surface area contributed by atoms with Crippen LogP contribution in [-0.2, 0) is 16.1 Å². The number of benzene rings is 2. The molecule has 0 aliphatic heterocycles. The number of hydrogen-bond acceptors (Lipinski definition) is 3. The monoisotopic (exact) mass is 376 g/mol. The Morgan fingerprint density at radius 3 is 2.59 bits per heavy atom. The van der Waals surface area contributed by atoms with Gasteiger partial charge in [-0.2, -0.15) is 0 Å². The van der Waals surface area contributed by atoms with Gasteiger partial charge in [-0.25, -0.2) is 0 Å². The lowest BCUT2D eigenvalue weighted by Gasteiger charge is -2.06. The topological polar surface area (TPSA) is 58.2 Å². The Labute approximate surface area is 162 Å². The molecule has 0 bridgehead atoms. The molecule has 1 aromatic heterocycles. The molecule has 0 saturated heterocycles. The zero-order chi connectivity index (χ0) is 19.1. The van der Waals surface area contributed by atoms with Crippen molar-refractivity contribution in [2.75, 3.05) is 5.32 Å². The van der Waals surface area contributed by atoms with E-state index in [9.17, 15) is 9.59 Å². The summed E-state index contributed by atoms with van der Waals surface area (Å²) in [5.41, 5.74) is 2.81. The van der Waals surface area contributed by atoms with Crippen molar-refractivity contribution in [2.45, 2.75) is 13.5 Å². The number of carbonyl (C=O) groups is 2. The van der Waals surface area contributed by atoms with Gasteiger partial charge in [0, 0.05) is 35.0 Å². The maximum Gasteiger partial charge on any atom is 0.244 e. The van der Waals surface area contributed by atoms with Crippen LogP contribution in [0.4, 0.5) is 5.69 Å². The normalized spacial score (nSPS) is 10.7. The van der Waals surface area contributed by atoms with E-state index in [1.54, 1.807) is 11.3 Å². The summed E-state index contributed by atoms with van der Waals surface area (Å²) in [7, 11) is 0. The first-order chi connectivity index (χ1) is 13.1. The van der Waals surface area contributed by atoms with Crippen LogP contribution in [0.25, 0.3) is 16.5 Å². The number of amides is 2. The number of rotatable bonds is 6. The third-order valence-electron chi connectivity index (χ3n) is 3.80. The van der Waals surface area contributed by atoms with Gasteiger partial charge in [0.25, 0.3) is 0 Å². The van der Waals surface area contributed by atoms with Crippen molar-refractivity contribution in [3.05, 3.63) is 83.2 Å². The van der Waals surface area contributed by atoms with Gasteiger partial charge < -0.3 is 10.6 Å². The fraction of sp³-hybridized carbons (Fsp3) is 0.0909. The molecule has 3 rings (SSSR count). The zero-order valence-electron chi connectivity index (χ0n) is 14.9. The molecule has 0 radical (unpaired) electrons. The molecule has 0 saturated carbocycles. The largest absolute Gasteiger partial charge is 0.348 e. The number of anilines is 1. The average Bonchev–Trinajstić information content (AvgIpc) is 3.14. The molecule has 0 fully saturated rings. The van der Waals surface area contributed by atoms with Crippen LogP contribution in [0, 0.1) is 0 Å². The second-order valence-corrected chi connectivity index (χ2v) is 7.12. The van der Waals surface area contributed by atoms with Gasteiger partial charge in [0.05, 0.1) is 0 Å². The zero-order valence-corrected chi connectivity index (χ0v) is 15.8. The molecule has 2 aromatic carbocycles. The molecule has 3 aromatic rings. The van der Waals surface area contributed by atoms with Gasteiger partial charge in [-0.05, 0) is 41.5 Å². The van der Waals surface area contributed by atoms with Crippen molar-refractivity contribution < 1.29 is 9.59 Å². The summed E-state index contributed by atoms with van der Waals surface area (Å²) >= 11 is 1.64. The molecule has 0 atom stereocenters. The van der Waals surface area contributed by atoms with E-state index in [1.807, 2.05) is 54.6 Å². The Morgan fingerprint density at radius 2 is 1.81 bits per heavy atom. The van der Waals surface area contributed by atoms with Gasteiger partial charge in [0.1, 0.15) is 0 Å². The van der Waals surface area contributed by atoms with E-state index in [-0.39, 0.29) is 11.8 Å². The average molecular weight is 376 g/mol. The highest BCUT2D eigenvalue weighted by molar-refractivity contribution is 7.16. The van der Waals surface area contributed by atoms with Gasteiger partial charge in [-0.3, -0.25) is 9.59 Å². The Hall–Kier alpha value is -3.18. The number of thiophene rings is 1. The van der Waals surface area contributed by atoms with Crippen LogP contribution in [0.15, 0.2) is 72.8 Å². The van der Waals surface area contributed by atoms with Gasteiger partial charge in [-0.15, -0.1) is 11.3 Å². The first-order valence-corrected chi connectivity index (χ1v) is 9.39. The van der Waals surface area contributed by atoms with Gasteiger partial charge in [-0.1, -0.05) is 42.5 Å². The van der Waals surface area contributed by atoms with Crippen molar-refractivity contribution in [2.24, 2.45) is 0 Å². The van der Waals surface area contributed by atoms with E-state index in [4.69, 9.17) is 0 Å². The van der Waals surface area contributed by atoms with E-state index in [0.29, 0.717) is 6.54 Å². The molecule has 0 aliphatic carbocycles. The molecular formula is C22H20N2O2S.